The highest BCUT2D eigenvalue weighted by Gasteiger charge is 2.11. The molecule has 0 bridgehead atoms. The van der Waals surface area contributed by atoms with Crippen LogP contribution in [-0.4, -0.2) is 40.6 Å². The summed E-state index contributed by atoms with van der Waals surface area (Å²) in [7, 11) is 0. The second kappa shape index (κ2) is 7.22. The maximum absolute atomic E-state index is 12.0. The molecule has 0 spiro atoms. The van der Waals surface area contributed by atoms with Crippen molar-refractivity contribution in [1.82, 2.24) is 15.1 Å². The van der Waals surface area contributed by atoms with Gasteiger partial charge in [0.2, 0.25) is 5.91 Å². The zero-order valence-electron chi connectivity index (χ0n) is 12.7. The Kier molecular flexibility index (Phi) is 4.85. The number of nitrogens with one attached hydrogen (secondary N) is 2. The minimum atomic E-state index is -0.0269. The Morgan fingerprint density at radius 1 is 1.27 bits per heavy atom. The largest absolute Gasteiger partial charge is 0.326 e. The highest BCUT2D eigenvalue weighted by molar-refractivity contribution is 5.92. The van der Waals surface area contributed by atoms with Gasteiger partial charge in [0, 0.05) is 24.1 Å². The quantitative estimate of drug-likeness (QED) is 0.859. The van der Waals surface area contributed by atoms with Crippen molar-refractivity contribution >= 4 is 11.6 Å². The third-order valence-corrected chi connectivity index (χ3v) is 4.04. The van der Waals surface area contributed by atoms with Crippen molar-refractivity contribution in [3.05, 3.63) is 47.8 Å². The number of carbonyl (C=O) groups is 1. The fourth-order valence-electron chi connectivity index (χ4n) is 2.86. The Hall–Kier alpha value is -2.14. The summed E-state index contributed by atoms with van der Waals surface area (Å²) in [5.41, 5.74) is 2.96. The summed E-state index contributed by atoms with van der Waals surface area (Å²) in [5, 5.41) is 9.60. The lowest BCUT2D eigenvalue weighted by molar-refractivity contribution is -0.115. The molecule has 1 aromatic carbocycles. The Morgan fingerprint density at radius 3 is 2.91 bits per heavy atom. The Balaban J connectivity index is 1.52. The summed E-state index contributed by atoms with van der Waals surface area (Å²) in [6, 6.07) is 9.95. The van der Waals surface area contributed by atoms with Gasteiger partial charge in [0.15, 0.2) is 0 Å². The smallest absolute Gasteiger partial charge is 0.230 e. The maximum atomic E-state index is 12.0. The molecule has 1 aliphatic heterocycles. The monoisotopic (exact) mass is 298 g/mol. The summed E-state index contributed by atoms with van der Waals surface area (Å²) >= 11 is 0. The molecule has 0 atom stereocenters. The number of hydrogen-bond acceptors (Lipinski definition) is 3. The van der Waals surface area contributed by atoms with Gasteiger partial charge in [-0.2, -0.15) is 5.10 Å². The average molecular weight is 298 g/mol. The molecule has 5 heteroatoms. The van der Waals surface area contributed by atoms with Gasteiger partial charge >= 0.3 is 0 Å². The van der Waals surface area contributed by atoms with E-state index in [9.17, 15) is 4.79 Å². The summed E-state index contributed by atoms with van der Waals surface area (Å²) in [4.78, 5) is 14.5. The van der Waals surface area contributed by atoms with E-state index in [-0.39, 0.29) is 5.91 Å². The molecule has 22 heavy (non-hydrogen) atoms. The molecule has 2 heterocycles. The van der Waals surface area contributed by atoms with E-state index in [1.807, 2.05) is 18.2 Å². The third kappa shape index (κ3) is 4.18. The van der Waals surface area contributed by atoms with Crippen molar-refractivity contribution in [3.63, 3.8) is 0 Å². The molecular weight excluding hydrogens is 276 g/mol. The standard InChI is InChI=1S/C17H22N4O/c22-17(13-16-6-8-18-20-16)19-15-5-3-4-14(12-15)7-11-21-9-1-2-10-21/h3-6,8,12H,1-2,7,9-11,13H2,(H,18,20)(H,19,22). The molecule has 2 aromatic rings. The first-order valence-electron chi connectivity index (χ1n) is 7.89. The van der Waals surface area contributed by atoms with Crippen LogP contribution in [0.2, 0.25) is 0 Å². The van der Waals surface area contributed by atoms with Crippen LogP contribution in [0.3, 0.4) is 0 Å². The van der Waals surface area contributed by atoms with E-state index >= 15 is 0 Å². The van der Waals surface area contributed by atoms with E-state index in [1.165, 1.54) is 31.5 Å². The van der Waals surface area contributed by atoms with Crippen molar-refractivity contribution in [2.75, 3.05) is 25.0 Å². The van der Waals surface area contributed by atoms with Gasteiger partial charge in [-0.3, -0.25) is 9.89 Å². The van der Waals surface area contributed by atoms with E-state index < -0.39 is 0 Å². The molecule has 1 aromatic heterocycles. The minimum absolute atomic E-state index is 0.0269. The highest BCUT2D eigenvalue weighted by Crippen LogP contribution is 2.14. The second-order valence-corrected chi connectivity index (χ2v) is 5.81. The molecule has 3 rings (SSSR count). The number of carbonyl (C=O) groups excluding carboxylic acids is 1. The number of hydrogen-bond donors (Lipinski definition) is 2. The van der Waals surface area contributed by atoms with Crippen molar-refractivity contribution in [2.45, 2.75) is 25.7 Å². The van der Waals surface area contributed by atoms with Crippen LogP contribution in [0.4, 0.5) is 5.69 Å². The van der Waals surface area contributed by atoms with Crippen molar-refractivity contribution in [1.29, 1.82) is 0 Å². The summed E-state index contributed by atoms with van der Waals surface area (Å²) in [5.74, 6) is -0.0269. The Bertz CT molecular complexity index is 603. The zero-order chi connectivity index (χ0) is 15.2. The molecule has 1 amide bonds. The van der Waals surface area contributed by atoms with E-state index in [2.05, 4.69) is 32.5 Å². The zero-order valence-corrected chi connectivity index (χ0v) is 12.7. The number of amides is 1. The molecule has 1 aliphatic rings. The van der Waals surface area contributed by atoms with Crippen LogP contribution in [0.5, 0.6) is 0 Å². The van der Waals surface area contributed by atoms with Gasteiger partial charge < -0.3 is 10.2 Å². The second-order valence-electron chi connectivity index (χ2n) is 5.81. The number of likely N-dealkylation sites (tertiary alicyclic amines) is 1. The van der Waals surface area contributed by atoms with Crippen LogP contribution >= 0.6 is 0 Å². The molecule has 116 valence electrons. The van der Waals surface area contributed by atoms with Gasteiger partial charge in [0.1, 0.15) is 0 Å². The molecule has 0 saturated carbocycles. The number of benzene rings is 1. The number of rotatable bonds is 6. The third-order valence-electron chi connectivity index (χ3n) is 4.04. The predicted octanol–water partition coefficient (Wildman–Crippen LogP) is 2.23. The average Bonchev–Trinajstić information content (AvgIpc) is 3.18. The SMILES string of the molecule is O=C(Cc1ccn[nH]1)Nc1cccc(CCN2CCCC2)c1. The lowest BCUT2D eigenvalue weighted by Gasteiger charge is -2.14. The van der Waals surface area contributed by atoms with E-state index in [0.29, 0.717) is 6.42 Å². The van der Waals surface area contributed by atoms with Crippen LogP contribution in [-0.2, 0) is 17.6 Å². The highest BCUT2D eigenvalue weighted by atomic mass is 16.1. The maximum Gasteiger partial charge on any atom is 0.230 e. The van der Waals surface area contributed by atoms with Crippen LogP contribution in [0.15, 0.2) is 36.5 Å². The minimum Gasteiger partial charge on any atom is -0.326 e. The van der Waals surface area contributed by atoms with E-state index in [0.717, 1.165) is 24.3 Å². The first kappa shape index (κ1) is 14.8. The summed E-state index contributed by atoms with van der Waals surface area (Å²) in [6.45, 7) is 3.55. The van der Waals surface area contributed by atoms with E-state index in [4.69, 9.17) is 0 Å². The van der Waals surface area contributed by atoms with Gasteiger partial charge in [-0.15, -0.1) is 0 Å². The lowest BCUT2D eigenvalue weighted by atomic mass is 10.1. The van der Waals surface area contributed by atoms with Crippen LogP contribution < -0.4 is 5.32 Å². The fourth-order valence-corrected chi connectivity index (χ4v) is 2.86. The van der Waals surface area contributed by atoms with Crippen LogP contribution in [0.25, 0.3) is 0 Å². The molecule has 1 fully saturated rings. The normalized spacial score (nSPS) is 15.1. The van der Waals surface area contributed by atoms with Gasteiger partial charge in [-0.25, -0.2) is 0 Å². The predicted molar refractivity (Wildman–Crippen MR) is 86.7 cm³/mol. The fraction of sp³-hybridized carbons (Fsp3) is 0.412. The van der Waals surface area contributed by atoms with Crippen molar-refractivity contribution < 1.29 is 4.79 Å². The van der Waals surface area contributed by atoms with Gasteiger partial charge in [-0.1, -0.05) is 12.1 Å². The van der Waals surface area contributed by atoms with Crippen LogP contribution in [0.1, 0.15) is 24.1 Å². The Labute approximate surface area is 130 Å². The Morgan fingerprint density at radius 2 is 2.14 bits per heavy atom. The topological polar surface area (TPSA) is 61.0 Å². The molecule has 0 unspecified atom stereocenters. The number of anilines is 1. The molecular formula is C17H22N4O. The van der Waals surface area contributed by atoms with Gasteiger partial charge in [-0.05, 0) is 56.1 Å². The van der Waals surface area contributed by atoms with Crippen LogP contribution in [0, 0.1) is 0 Å². The first-order valence-corrected chi connectivity index (χ1v) is 7.89. The number of aromatic amines is 1. The van der Waals surface area contributed by atoms with E-state index in [1.54, 1.807) is 6.20 Å². The van der Waals surface area contributed by atoms with Gasteiger partial charge in [0.25, 0.3) is 0 Å². The summed E-state index contributed by atoms with van der Waals surface area (Å²) < 4.78 is 0. The van der Waals surface area contributed by atoms with Crippen molar-refractivity contribution in [3.8, 4) is 0 Å². The first-order chi connectivity index (χ1) is 10.8. The van der Waals surface area contributed by atoms with Gasteiger partial charge in [0.05, 0.1) is 6.42 Å². The number of aromatic nitrogens is 2. The molecule has 0 aliphatic carbocycles. The number of nitrogens with zero attached hydrogens (tertiary/aromatic N) is 2. The number of H-pyrrole nitrogens is 1. The van der Waals surface area contributed by atoms with Crippen molar-refractivity contribution in [2.24, 2.45) is 0 Å². The summed E-state index contributed by atoms with van der Waals surface area (Å²) in [6.07, 6.45) is 5.65. The molecule has 5 nitrogen and oxygen atoms in total. The molecule has 2 N–H and O–H groups in total. The lowest BCUT2D eigenvalue weighted by Crippen LogP contribution is -2.22. The molecule has 0 radical (unpaired) electrons. The molecule has 1 saturated heterocycles.